The highest BCUT2D eigenvalue weighted by atomic mass is 19.1. The Morgan fingerprint density at radius 1 is 1.17 bits per heavy atom. The number of carbonyl (C=O) groups excluding carboxylic acids is 1. The zero-order valence-corrected chi connectivity index (χ0v) is 16.2. The third-order valence-electron chi connectivity index (χ3n) is 5.19. The van der Waals surface area contributed by atoms with Crippen molar-refractivity contribution in [3.8, 4) is 0 Å². The van der Waals surface area contributed by atoms with Crippen LogP contribution in [-0.2, 0) is 16.1 Å². The molecule has 1 fully saturated rings. The second-order valence-corrected chi connectivity index (χ2v) is 7.18. The van der Waals surface area contributed by atoms with Gasteiger partial charge in [0.05, 0.1) is 18.2 Å². The van der Waals surface area contributed by atoms with Crippen LogP contribution in [0.2, 0.25) is 0 Å². The highest BCUT2D eigenvalue weighted by molar-refractivity contribution is 5.97. The average molecular weight is 408 g/mol. The molecule has 2 N–H and O–H groups in total. The van der Waals surface area contributed by atoms with E-state index < -0.39 is 17.3 Å². The number of nitrogens with zero attached hydrogens (tertiary/aromatic N) is 1. The highest BCUT2D eigenvalue weighted by Crippen LogP contribution is 2.22. The standard InChI is InChI=1S/C23H21FN2O4/c24-21-9-8-17(10-20(21)23(28)29)26-13-18(30-14-22(26)27)12-25-11-16-6-3-5-15-4-1-2-7-19(15)16/h1-10,18,25H,11-14H2,(H,28,29). The number of nitrogens with one attached hydrogen (secondary N) is 1. The summed E-state index contributed by atoms with van der Waals surface area (Å²) < 4.78 is 19.3. The van der Waals surface area contributed by atoms with Crippen LogP contribution in [0.25, 0.3) is 10.8 Å². The molecule has 0 aliphatic carbocycles. The molecule has 3 aromatic rings. The molecule has 1 aliphatic heterocycles. The van der Waals surface area contributed by atoms with Gasteiger partial charge in [-0.25, -0.2) is 9.18 Å². The number of benzene rings is 3. The van der Waals surface area contributed by atoms with Gasteiger partial charge < -0.3 is 20.1 Å². The smallest absolute Gasteiger partial charge is 0.338 e. The molecule has 154 valence electrons. The summed E-state index contributed by atoms with van der Waals surface area (Å²) >= 11 is 0. The van der Waals surface area contributed by atoms with Gasteiger partial charge in [0.1, 0.15) is 12.4 Å². The van der Waals surface area contributed by atoms with E-state index in [-0.39, 0.29) is 25.2 Å². The molecule has 1 atom stereocenters. The minimum atomic E-state index is -1.37. The van der Waals surface area contributed by atoms with Crippen LogP contribution < -0.4 is 10.2 Å². The summed E-state index contributed by atoms with van der Waals surface area (Å²) in [6.45, 7) is 1.31. The van der Waals surface area contributed by atoms with E-state index in [1.807, 2.05) is 18.2 Å². The van der Waals surface area contributed by atoms with E-state index >= 15 is 0 Å². The summed E-state index contributed by atoms with van der Waals surface area (Å²) in [5.41, 5.74) is 1.06. The lowest BCUT2D eigenvalue weighted by atomic mass is 10.0. The average Bonchev–Trinajstić information content (AvgIpc) is 2.75. The van der Waals surface area contributed by atoms with Crippen LogP contribution in [0, 0.1) is 5.82 Å². The van der Waals surface area contributed by atoms with Gasteiger partial charge in [0.2, 0.25) is 0 Å². The van der Waals surface area contributed by atoms with Crippen LogP contribution >= 0.6 is 0 Å². The fourth-order valence-corrected chi connectivity index (χ4v) is 3.66. The zero-order chi connectivity index (χ0) is 21.1. The first-order chi connectivity index (χ1) is 14.5. The predicted molar refractivity (Wildman–Crippen MR) is 111 cm³/mol. The summed E-state index contributed by atoms with van der Waals surface area (Å²) in [5, 5.41) is 14.9. The van der Waals surface area contributed by atoms with E-state index in [1.165, 1.54) is 33.4 Å². The Bertz CT molecular complexity index is 1100. The number of hydrogen-bond donors (Lipinski definition) is 2. The van der Waals surface area contributed by atoms with Gasteiger partial charge in [0.15, 0.2) is 0 Å². The normalized spacial score (nSPS) is 16.8. The third kappa shape index (κ3) is 4.17. The molecular weight excluding hydrogens is 387 g/mol. The summed E-state index contributed by atoms with van der Waals surface area (Å²) in [5.74, 6) is -2.49. The van der Waals surface area contributed by atoms with Gasteiger partial charge in [-0.15, -0.1) is 0 Å². The molecular formula is C23H21FN2O4. The van der Waals surface area contributed by atoms with Crippen molar-refractivity contribution >= 4 is 28.3 Å². The second-order valence-electron chi connectivity index (χ2n) is 7.18. The Morgan fingerprint density at radius 3 is 2.80 bits per heavy atom. The lowest BCUT2D eigenvalue weighted by Crippen LogP contribution is -2.50. The van der Waals surface area contributed by atoms with Gasteiger partial charge in [0, 0.05) is 18.8 Å². The summed E-state index contributed by atoms with van der Waals surface area (Å²) in [6.07, 6.45) is -0.268. The van der Waals surface area contributed by atoms with Gasteiger partial charge in [-0.05, 0) is 34.5 Å². The largest absolute Gasteiger partial charge is 0.478 e. The first kappa shape index (κ1) is 20.0. The molecule has 0 aromatic heterocycles. The van der Waals surface area contributed by atoms with E-state index in [2.05, 4.69) is 29.6 Å². The van der Waals surface area contributed by atoms with Crippen molar-refractivity contribution in [2.45, 2.75) is 12.6 Å². The molecule has 7 heteroatoms. The maximum absolute atomic E-state index is 13.7. The monoisotopic (exact) mass is 408 g/mol. The van der Waals surface area contributed by atoms with Crippen molar-refractivity contribution in [2.24, 2.45) is 0 Å². The summed E-state index contributed by atoms with van der Waals surface area (Å²) in [4.78, 5) is 24.9. The van der Waals surface area contributed by atoms with E-state index in [9.17, 15) is 14.0 Å². The number of ether oxygens (including phenoxy) is 1. The first-order valence-corrected chi connectivity index (χ1v) is 9.65. The van der Waals surface area contributed by atoms with Crippen molar-refractivity contribution in [1.82, 2.24) is 5.32 Å². The molecule has 1 saturated heterocycles. The lowest BCUT2D eigenvalue weighted by molar-refractivity contribution is -0.129. The van der Waals surface area contributed by atoms with E-state index in [0.717, 1.165) is 6.07 Å². The number of aromatic carboxylic acids is 1. The molecule has 0 spiro atoms. The lowest BCUT2D eigenvalue weighted by Gasteiger charge is -2.33. The number of carbonyl (C=O) groups is 2. The van der Waals surface area contributed by atoms with Crippen molar-refractivity contribution in [1.29, 1.82) is 0 Å². The van der Waals surface area contributed by atoms with Gasteiger partial charge in [-0.3, -0.25) is 4.79 Å². The Hall–Kier alpha value is -3.29. The number of morpholine rings is 1. The Labute approximate surface area is 172 Å². The molecule has 30 heavy (non-hydrogen) atoms. The summed E-state index contributed by atoms with van der Waals surface area (Å²) in [7, 11) is 0. The quantitative estimate of drug-likeness (QED) is 0.655. The van der Waals surface area contributed by atoms with E-state index in [4.69, 9.17) is 9.84 Å². The van der Waals surface area contributed by atoms with Crippen molar-refractivity contribution < 1.29 is 23.8 Å². The minimum Gasteiger partial charge on any atom is -0.478 e. The molecule has 1 amide bonds. The van der Waals surface area contributed by atoms with Crippen molar-refractivity contribution in [2.75, 3.05) is 24.6 Å². The number of anilines is 1. The van der Waals surface area contributed by atoms with Gasteiger partial charge >= 0.3 is 5.97 Å². The molecule has 0 saturated carbocycles. The van der Waals surface area contributed by atoms with Crippen LogP contribution in [-0.4, -0.2) is 42.8 Å². The Balaban J connectivity index is 1.42. The third-order valence-corrected chi connectivity index (χ3v) is 5.19. The summed E-state index contributed by atoms with van der Waals surface area (Å²) in [6, 6.07) is 18.0. The van der Waals surface area contributed by atoms with Crippen LogP contribution in [0.3, 0.4) is 0 Å². The van der Waals surface area contributed by atoms with Crippen LogP contribution in [0.1, 0.15) is 15.9 Å². The van der Waals surface area contributed by atoms with Gasteiger partial charge in [-0.2, -0.15) is 0 Å². The number of rotatable bonds is 6. The van der Waals surface area contributed by atoms with Crippen LogP contribution in [0.15, 0.2) is 60.7 Å². The number of amides is 1. The predicted octanol–water partition coefficient (Wildman–Crippen LogP) is 3.20. The molecule has 1 heterocycles. The van der Waals surface area contributed by atoms with Gasteiger partial charge in [-0.1, -0.05) is 42.5 Å². The fraction of sp³-hybridized carbons (Fsp3) is 0.217. The fourth-order valence-electron chi connectivity index (χ4n) is 3.66. The molecule has 1 unspecified atom stereocenters. The topological polar surface area (TPSA) is 78.9 Å². The molecule has 1 aliphatic rings. The molecule has 0 radical (unpaired) electrons. The molecule has 6 nitrogen and oxygen atoms in total. The first-order valence-electron chi connectivity index (χ1n) is 9.65. The maximum Gasteiger partial charge on any atom is 0.338 e. The van der Waals surface area contributed by atoms with Gasteiger partial charge in [0.25, 0.3) is 5.91 Å². The van der Waals surface area contributed by atoms with Crippen molar-refractivity contribution in [3.63, 3.8) is 0 Å². The second kappa shape index (κ2) is 8.61. The maximum atomic E-state index is 13.7. The van der Waals surface area contributed by atoms with Crippen molar-refractivity contribution in [3.05, 3.63) is 77.6 Å². The van der Waals surface area contributed by atoms with E-state index in [1.54, 1.807) is 0 Å². The molecule has 4 rings (SSSR count). The Morgan fingerprint density at radius 2 is 1.97 bits per heavy atom. The SMILES string of the molecule is O=C(O)c1cc(N2CC(CNCc3cccc4ccccc34)OCC2=O)ccc1F. The Kier molecular flexibility index (Phi) is 5.74. The van der Waals surface area contributed by atoms with E-state index in [0.29, 0.717) is 18.8 Å². The molecule has 0 bridgehead atoms. The number of halogens is 1. The molecule has 3 aromatic carbocycles. The highest BCUT2D eigenvalue weighted by Gasteiger charge is 2.28. The number of fused-ring (bicyclic) bond motifs is 1. The number of carboxylic acid groups (broad SMARTS) is 1. The number of carboxylic acids is 1. The number of hydrogen-bond acceptors (Lipinski definition) is 4. The van der Waals surface area contributed by atoms with Crippen LogP contribution in [0.5, 0.6) is 0 Å². The van der Waals surface area contributed by atoms with Crippen LogP contribution in [0.4, 0.5) is 10.1 Å². The minimum absolute atomic E-state index is 0.111. The zero-order valence-electron chi connectivity index (χ0n) is 16.2.